The van der Waals surface area contributed by atoms with Crippen LogP contribution in [0.25, 0.3) is 0 Å². The Balaban J connectivity index is 2.51. The van der Waals surface area contributed by atoms with Crippen LogP contribution in [0.2, 0.25) is 10.0 Å². The van der Waals surface area contributed by atoms with Crippen molar-refractivity contribution in [1.82, 2.24) is 0 Å². The van der Waals surface area contributed by atoms with E-state index in [1.807, 2.05) is 6.92 Å². The zero-order valence-corrected chi connectivity index (χ0v) is 13.8. The minimum atomic E-state index is -3.90. The highest BCUT2D eigenvalue weighted by atomic mass is 35.5. The van der Waals surface area contributed by atoms with Gasteiger partial charge in [-0.2, -0.15) is 0 Å². The fourth-order valence-electron chi connectivity index (χ4n) is 1.91. The van der Waals surface area contributed by atoms with Gasteiger partial charge in [0, 0.05) is 5.69 Å². The molecule has 0 unspecified atom stereocenters. The average Bonchev–Trinajstić information content (AvgIpc) is 2.39. The summed E-state index contributed by atoms with van der Waals surface area (Å²) < 4.78 is 27.4. The van der Waals surface area contributed by atoms with E-state index < -0.39 is 10.0 Å². The number of nitrogen functional groups attached to an aromatic ring is 1. The van der Waals surface area contributed by atoms with Crippen LogP contribution in [0.5, 0.6) is 0 Å². The molecule has 2 rings (SSSR count). The largest absolute Gasteiger partial charge is 0.398 e. The van der Waals surface area contributed by atoms with E-state index in [1.54, 1.807) is 25.1 Å². The standard InChI is InChI=1S/C14H14Cl2N2O2S/c1-8-6-7-12(9(2)13(8)17)18-21(19,20)14-10(15)4-3-5-11(14)16/h3-7,18H,17H2,1-2H3. The summed E-state index contributed by atoms with van der Waals surface area (Å²) in [5.74, 6) is 0. The van der Waals surface area contributed by atoms with Crippen LogP contribution in [0.15, 0.2) is 35.2 Å². The first-order valence-electron chi connectivity index (χ1n) is 6.06. The lowest BCUT2D eigenvalue weighted by Gasteiger charge is -2.15. The van der Waals surface area contributed by atoms with E-state index in [2.05, 4.69) is 4.72 Å². The Labute approximate surface area is 133 Å². The number of anilines is 2. The molecule has 0 amide bonds. The number of aryl methyl sites for hydroxylation is 1. The Morgan fingerprint density at radius 2 is 1.62 bits per heavy atom. The lowest BCUT2D eigenvalue weighted by atomic mass is 10.1. The Kier molecular flexibility index (Phi) is 4.37. The van der Waals surface area contributed by atoms with Crippen molar-refractivity contribution in [3.05, 3.63) is 51.5 Å². The first-order chi connectivity index (χ1) is 9.74. The van der Waals surface area contributed by atoms with Crippen molar-refractivity contribution >= 4 is 44.6 Å². The van der Waals surface area contributed by atoms with Gasteiger partial charge in [-0.1, -0.05) is 35.3 Å². The van der Waals surface area contributed by atoms with E-state index in [-0.39, 0.29) is 14.9 Å². The number of rotatable bonds is 3. The molecule has 0 aliphatic rings. The van der Waals surface area contributed by atoms with Crippen molar-refractivity contribution in [3.8, 4) is 0 Å². The fraction of sp³-hybridized carbons (Fsp3) is 0.143. The molecular weight excluding hydrogens is 331 g/mol. The van der Waals surface area contributed by atoms with Gasteiger partial charge in [0.05, 0.1) is 15.7 Å². The molecule has 112 valence electrons. The maximum absolute atomic E-state index is 12.5. The molecule has 7 heteroatoms. The maximum atomic E-state index is 12.5. The third-order valence-electron chi connectivity index (χ3n) is 3.16. The molecule has 0 saturated heterocycles. The van der Waals surface area contributed by atoms with Crippen LogP contribution < -0.4 is 10.5 Å². The predicted molar refractivity (Wildman–Crippen MR) is 87.6 cm³/mol. The van der Waals surface area contributed by atoms with Gasteiger partial charge in [-0.25, -0.2) is 8.42 Å². The molecule has 0 fully saturated rings. The smallest absolute Gasteiger partial charge is 0.264 e. The lowest BCUT2D eigenvalue weighted by Crippen LogP contribution is -2.15. The first-order valence-corrected chi connectivity index (χ1v) is 8.30. The molecule has 0 bridgehead atoms. The molecule has 0 spiro atoms. The zero-order valence-electron chi connectivity index (χ0n) is 11.4. The van der Waals surface area contributed by atoms with Crippen molar-refractivity contribution in [2.75, 3.05) is 10.5 Å². The van der Waals surface area contributed by atoms with Gasteiger partial charge in [0.25, 0.3) is 10.0 Å². The summed E-state index contributed by atoms with van der Waals surface area (Å²) in [7, 11) is -3.90. The topological polar surface area (TPSA) is 72.2 Å². The third kappa shape index (κ3) is 3.10. The van der Waals surface area contributed by atoms with E-state index in [0.29, 0.717) is 16.9 Å². The fourth-order valence-corrected chi connectivity index (χ4v) is 4.18. The van der Waals surface area contributed by atoms with Gasteiger partial charge >= 0.3 is 0 Å². The van der Waals surface area contributed by atoms with Gasteiger partial charge in [-0.15, -0.1) is 0 Å². The molecule has 3 N–H and O–H groups in total. The van der Waals surface area contributed by atoms with Crippen LogP contribution in [0.4, 0.5) is 11.4 Å². The van der Waals surface area contributed by atoms with Crippen LogP contribution in [0, 0.1) is 13.8 Å². The Bertz CT molecular complexity index is 785. The molecular formula is C14H14Cl2N2O2S. The van der Waals surface area contributed by atoms with Gasteiger partial charge in [0.1, 0.15) is 4.90 Å². The second-order valence-corrected chi connectivity index (χ2v) is 7.06. The van der Waals surface area contributed by atoms with Crippen molar-refractivity contribution < 1.29 is 8.42 Å². The summed E-state index contributed by atoms with van der Waals surface area (Å²) in [5, 5.41) is 0.125. The van der Waals surface area contributed by atoms with Crippen LogP contribution in [-0.4, -0.2) is 8.42 Å². The first kappa shape index (κ1) is 15.9. The minimum absolute atomic E-state index is 0.0627. The van der Waals surface area contributed by atoms with E-state index in [9.17, 15) is 8.42 Å². The Morgan fingerprint density at radius 1 is 1.05 bits per heavy atom. The van der Waals surface area contributed by atoms with Crippen molar-refractivity contribution in [3.63, 3.8) is 0 Å². The van der Waals surface area contributed by atoms with E-state index in [0.717, 1.165) is 5.56 Å². The number of sulfonamides is 1. The van der Waals surface area contributed by atoms with Crippen molar-refractivity contribution in [2.45, 2.75) is 18.7 Å². The maximum Gasteiger partial charge on any atom is 0.264 e. The molecule has 0 aliphatic carbocycles. The van der Waals surface area contributed by atoms with E-state index in [4.69, 9.17) is 28.9 Å². The van der Waals surface area contributed by atoms with Gasteiger partial charge in [-0.3, -0.25) is 4.72 Å². The predicted octanol–water partition coefficient (Wildman–Crippen LogP) is 3.99. The molecule has 0 atom stereocenters. The van der Waals surface area contributed by atoms with Gasteiger partial charge in [0.2, 0.25) is 0 Å². The number of benzene rings is 2. The summed E-state index contributed by atoms with van der Waals surface area (Å²) >= 11 is 11.9. The summed E-state index contributed by atoms with van der Waals surface area (Å²) in [6, 6.07) is 7.92. The second-order valence-electron chi connectivity index (χ2n) is 4.62. The van der Waals surface area contributed by atoms with E-state index >= 15 is 0 Å². The summed E-state index contributed by atoms with van der Waals surface area (Å²) in [6.45, 7) is 3.60. The van der Waals surface area contributed by atoms with Crippen molar-refractivity contribution in [1.29, 1.82) is 0 Å². The Hall–Kier alpha value is -1.43. The number of nitrogens with one attached hydrogen (secondary N) is 1. The lowest BCUT2D eigenvalue weighted by molar-refractivity contribution is 0.601. The van der Waals surface area contributed by atoms with E-state index in [1.165, 1.54) is 12.1 Å². The van der Waals surface area contributed by atoms with Gasteiger partial charge in [0.15, 0.2) is 0 Å². The molecule has 21 heavy (non-hydrogen) atoms. The van der Waals surface area contributed by atoms with Crippen LogP contribution in [-0.2, 0) is 10.0 Å². The molecule has 0 aliphatic heterocycles. The summed E-state index contributed by atoms with van der Waals surface area (Å²) in [6.07, 6.45) is 0. The quantitative estimate of drug-likeness (QED) is 0.826. The van der Waals surface area contributed by atoms with Crippen molar-refractivity contribution in [2.24, 2.45) is 0 Å². The average molecular weight is 345 g/mol. The molecule has 0 heterocycles. The molecule has 0 aromatic heterocycles. The summed E-state index contributed by atoms with van der Waals surface area (Å²) in [5.41, 5.74) is 8.39. The number of nitrogens with two attached hydrogens (primary N) is 1. The third-order valence-corrected chi connectivity index (χ3v) is 5.48. The second kappa shape index (κ2) is 5.75. The van der Waals surface area contributed by atoms with Gasteiger partial charge < -0.3 is 5.73 Å². The molecule has 0 radical (unpaired) electrons. The van der Waals surface area contributed by atoms with Gasteiger partial charge in [-0.05, 0) is 43.2 Å². The Morgan fingerprint density at radius 3 is 2.19 bits per heavy atom. The molecule has 0 saturated carbocycles. The molecule has 2 aromatic carbocycles. The van der Waals surface area contributed by atoms with Crippen LogP contribution in [0.1, 0.15) is 11.1 Å². The highest BCUT2D eigenvalue weighted by molar-refractivity contribution is 7.93. The molecule has 4 nitrogen and oxygen atoms in total. The normalized spacial score (nSPS) is 11.4. The van der Waals surface area contributed by atoms with Crippen LogP contribution >= 0.6 is 23.2 Å². The molecule has 2 aromatic rings. The zero-order chi connectivity index (χ0) is 15.8. The number of hydrogen-bond acceptors (Lipinski definition) is 3. The highest BCUT2D eigenvalue weighted by Gasteiger charge is 2.22. The minimum Gasteiger partial charge on any atom is -0.398 e. The summed E-state index contributed by atoms with van der Waals surface area (Å²) in [4.78, 5) is -0.146. The number of hydrogen-bond donors (Lipinski definition) is 2. The number of halogens is 2. The highest BCUT2D eigenvalue weighted by Crippen LogP contribution is 2.32. The SMILES string of the molecule is Cc1ccc(NS(=O)(=O)c2c(Cl)cccc2Cl)c(C)c1N. The van der Waals surface area contributed by atoms with Crippen LogP contribution in [0.3, 0.4) is 0 Å². The monoisotopic (exact) mass is 344 g/mol.